The number of carbonyl (C=O) groups is 2. The van der Waals surface area contributed by atoms with Crippen molar-refractivity contribution in [3.63, 3.8) is 0 Å². The fourth-order valence-electron chi connectivity index (χ4n) is 3.58. The van der Waals surface area contributed by atoms with Gasteiger partial charge in [0.2, 0.25) is 11.8 Å². The molecule has 1 unspecified atom stereocenters. The molecule has 0 aromatic heterocycles. The van der Waals surface area contributed by atoms with E-state index in [1.807, 2.05) is 40.1 Å². The van der Waals surface area contributed by atoms with Crippen LogP contribution in [0.4, 0.5) is 0 Å². The topological polar surface area (TPSA) is 66.6 Å². The number of benzene rings is 1. The predicted molar refractivity (Wildman–Crippen MR) is 97.6 cm³/mol. The van der Waals surface area contributed by atoms with Crippen LogP contribution < -0.4 is 5.73 Å². The summed E-state index contributed by atoms with van der Waals surface area (Å²) in [6.45, 7) is 3.27. The summed E-state index contributed by atoms with van der Waals surface area (Å²) in [5.74, 6) is 0.587. The molecule has 1 aliphatic heterocycles. The van der Waals surface area contributed by atoms with Gasteiger partial charge in [-0.2, -0.15) is 0 Å². The van der Waals surface area contributed by atoms with Gasteiger partial charge in [0.25, 0.3) is 0 Å². The summed E-state index contributed by atoms with van der Waals surface area (Å²) in [6, 6.07) is 10.1. The highest BCUT2D eigenvalue weighted by molar-refractivity contribution is 5.83. The van der Waals surface area contributed by atoms with Gasteiger partial charge in [0.1, 0.15) is 0 Å². The van der Waals surface area contributed by atoms with E-state index in [-0.39, 0.29) is 23.7 Å². The molecule has 1 aromatic rings. The van der Waals surface area contributed by atoms with Crippen LogP contribution in [0.1, 0.15) is 37.7 Å². The Morgan fingerprint density at radius 1 is 1.12 bits per heavy atom. The fourth-order valence-corrected chi connectivity index (χ4v) is 3.58. The zero-order chi connectivity index (χ0) is 17.6. The quantitative estimate of drug-likeness (QED) is 0.823. The standard InChI is InChI=1S/C20H29N3O2/c21-11-5-13-22(14-16-6-2-1-3-7-16)20(25)18-8-4-12-23(15-18)19(24)17-9-10-17/h1-3,6-7,17-18H,4-5,8-15,21H2. The van der Waals surface area contributed by atoms with Crippen molar-refractivity contribution in [2.75, 3.05) is 26.2 Å². The SMILES string of the molecule is NCCCN(Cc1ccccc1)C(=O)C1CCCN(C(=O)C2CC2)C1. The van der Waals surface area contributed by atoms with Gasteiger partial charge >= 0.3 is 0 Å². The van der Waals surface area contributed by atoms with E-state index in [0.717, 1.165) is 44.2 Å². The average molecular weight is 343 g/mol. The summed E-state index contributed by atoms with van der Waals surface area (Å²) in [4.78, 5) is 29.3. The molecule has 5 nitrogen and oxygen atoms in total. The number of nitrogens with two attached hydrogens (primary N) is 1. The zero-order valence-corrected chi connectivity index (χ0v) is 14.9. The first-order valence-electron chi connectivity index (χ1n) is 9.50. The highest BCUT2D eigenvalue weighted by atomic mass is 16.2. The number of amides is 2. The molecule has 0 spiro atoms. The second kappa shape index (κ2) is 8.48. The Balaban J connectivity index is 1.64. The molecule has 2 amide bonds. The number of hydrogen-bond donors (Lipinski definition) is 1. The van der Waals surface area contributed by atoms with Crippen LogP contribution in [-0.2, 0) is 16.1 Å². The molecule has 1 saturated heterocycles. The van der Waals surface area contributed by atoms with Crippen LogP contribution in [0.25, 0.3) is 0 Å². The van der Waals surface area contributed by atoms with Gasteiger partial charge in [-0.05, 0) is 44.2 Å². The van der Waals surface area contributed by atoms with Crippen molar-refractivity contribution < 1.29 is 9.59 Å². The minimum atomic E-state index is -0.0714. The average Bonchev–Trinajstić information content (AvgIpc) is 3.50. The summed E-state index contributed by atoms with van der Waals surface area (Å²) in [6.07, 6.45) is 4.64. The molecule has 1 saturated carbocycles. The van der Waals surface area contributed by atoms with Crippen molar-refractivity contribution in [2.24, 2.45) is 17.6 Å². The maximum atomic E-state index is 13.1. The lowest BCUT2D eigenvalue weighted by molar-refractivity contribution is -0.142. The second-order valence-corrected chi connectivity index (χ2v) is 7.29. The molecule has 136 valence electrons. The predicted octanol–water partition coefficient (Wildman–Crippen LogP) is 2.01. The second-order valence-electron chi connectivity index (χ2n) is 7.29. The van der Waals surface area contributed by atoms with Crippen LogP contribution in [0.5, 0.6) is 0 Å². The summed E-state index contributed by atoms with van der Waals surface area (Å²) < 4.78 is 0. The van der Waals surface area contributed by atoms with Crippen LogP contribution in [0.2, 0.25) is 0 Å². The first-order chi connectivity index (χ1) is 12.2. The van der Waals surface area contributed by atoms with Crippen LogP contribution in [0.15, 0.2) is 30.3 Å². The molecule has 1 aromatic carbocycles. The molecule has 0 radical (unpaired) electrons. The van der Waals surface area contributed by atoms with Crippen LogP contribution >= 0.6 is 0 Å². The summed E-state index contributed by atoms with van der Waals surface area (Å²) in [5.41, 5.74) is 6.79. The summed E-state index contributed by atoms with van der Waals surface area (Å²) >= 11 is 0. The summed E-state index contributed by atoms with van der Waals surface area (Å²) in [7, 11) is 0. The van der Waals surface area contributed by atoms with Crippen LogP contribution in [0, 0.1) is 11.8 Å². The van der Waals surface area contributed by atoms with Crippen molar-refractivity contribution in [3.8, 4) is 0 Å². The minimum Gasteiger partial charge on any atom is -0.342 e. The van der Waals surface area contributed by atoms with Gasteiger partial charge in [0.15, 0.2) is 0 Å². The lowest BCUT2D eigenvalue weighted by atomic mass is 9.95. The Hall–Kier alpha value is -1.88. The molecule has 5 heteroatoms. The number of carbonyl (C=O) groups excluding carboxylic acids is 2. The Morgan fingerprint density at radius 2 is 1.88 bits per heavy atom. The highest BCUT2D eigenvalue weighted by Crippen LogP contribution is 2.32. The zero-order valence-electron chi connectivity index (χ0n) is 14.9. The number of hydrogen-bond acceptors (Lipinski definition) is 3. The Kier molecular flexibility index (Phi) is 6.08. The van der Waals surface area contributed by atoms with E-state index >= 15 is 0 Å². The molecule has 2 N–H and O–H groups in total. The van der Waals surface area contributed by atoms with Crippen molar-refractivity contribution in [1.82, 2.24) is 9.80 Å². The maximum Gasteiger partial charge on any atom is 0.227 e. The molecule has 2 fully saturated rings. The van der Waals surface area contributed by atoms with Crippen LogP contribution in [0.3, 0.4) is 0 Å². The number of likely N-dealkylation sites (tertiary alicyclic amines) is 1. The van der Waals surface area contributed by atoms with E-state index in [1.54, 1.807) is 0 Å². The number of piperidine rings is 1. The van der Waals surface area contributed by atoms with E-state index in [0.29, 0.717) is 26.2 Å². The normalized spacial score (nSPS) is 20.4. The molecular formula is C20H29N3O2. The smallest absolute Gasteiger partial charge is 0.227 e. The van der Waals surface area contributed by atoms with Crippen molar-refractivity contribution >= 4 is 11.8 Å². The van der Waals surface area contributed by atoms with E-state index in [1.165, 1.54) is 0 Å². The van der Waals surface area contributed by atoms with Crippen molar-refractivity contribution in [1.29, 1.82) is 0 Å². The van der Waals surface area contributed by atoms with Crippen molar-refractivity contribution in [3.05, 3.63) is 35.9 Å². The Bertz CT molecular complexity index is 586. The van der Waals surface area contributed by atoms with Gasteiger partial charge in [-0.25, -0.2) is 0 Å². The fraction of sp³-hybridized carbons (Fsp3) is 0.600. The maximum absolute atomic E-state index is 13.1. The third-order valence-corrected chi connectivity index (χ3v) is 5.17. The monoisotopic (exact) mass is 343 g/mol. The van der Waals surface area contributed by atoms with E-state index < -0.39 is 0 Å². The lowest BCUT2D eigenvalue weighted by Crippen LogP contribution is -2.47. The van der Waals surface area contributed by atoms with E-state index in [4.69, 9.17) is 5.73 Å². The lowest BCUT2D eigenvalue weighted by Gasteiger charge is -2.35. The molecule has 1 aliphatic carbocycles. The molecular weight excluding hydrogens is 314 g/mol. The first kappa shape index (κ1) is 17.9. The van der Waals surface area contributed by atoms with Gasteiger partial charge < -0.3 is 15.5 Å². The number of nitrogens with zero attached hydrogens (tertiary/aromatic N) is 2. The third kappa shape index (κ3) is 4.82. The highest BCUT2D eigenvalue weighted by Gasteiger charge is 2.37. The molecule has 0 bridgehead atoms. The Labute approximate surface area is 150 Å². The molecule has 1 heterocycles. The van der Waals surface area contributed by atoms with Crippen molar-refractivity contribution in [2.45, 2.75) is 38.6 Å². The van der Waals surface area contributed by atoms with Crippen LogP contribution in [-0.4, -0.2) is 47.8 Å². The van der Waals surface area contributed by atoms with E-state index in [9.17, 15) is 9.59 Å². The molecule has 1 atom stereocenters. The molecule has 2 aliphatic rings. The summed E-state index contributed by atoms with van der Waals surface area (Å²) in [5, 5.41) is 0. The van der Waals surface area contributed by atoms with Gasteiger partial charge in [-0.1, -0.05) is 30.3 Å². The van der Waals surface area contributed by atoms with Gasteiger partial charge in [-0.3, -0.25) is 9.59 Å². The number of rotatable bonds is 7. The van der Waals surface area contributed by atoms with Gasteiger partial charge in [-0.15, -0.1) is 0 Å². The Morgan fingerprint density at radius 3 is 2.56 bits per heavy atom. The molecule has 3 rings (SSSR count). The van der Waals surface area contributed by atoms with Gasteiger partial charge in [0.05, 0.1) is 5.92 Å². The molecule has 25 heavy (non-hydrogen) atoms. The minimum absolute atomic E-state index is 0.0714. The largest absolute Gasteiger partial charge is 0.342 e. The van der Waals surface area contributed by atoms with Gasteiger partial charge in [0, 0.05) is 32.1 Å². The third-order valence-electron chi connectivity index (χ3n) is 5.17. The first-order valence-corrected chi connectivity index (χ1v) is 9.50. The van der Waals surface area contributed by atoms with E-state index in [2.05, 4.69) is 0 Å².